The molecule has 1 aliphatic heterocycles. The van der Waals surface area contributed by atoms with E-state index in [1.807, 2.05) is 18.2 Å². The summed E-state index contributed by atoms with van der Waals surface area (Å²) >= 11 is 1.74. The average molecular weight is 410 g/mol. The van der Waals surface area contributed by atoms with Crippen molar-refractivity contribution in [2.45, 2.75) is 51.1 Å². The first-order chi connectivity index (χ1) is 14.2. The molecule has 0 bridgehead atoms. The van der Waals surface area contributed by atoms with Crippen molar-refractivity contribution in [2.24, 2.45) is 0 Å². The van der Waals surface area contributed by atoms with Gasteiger partial charge in [0, 0.05) is 17.5 Å². The van der Waals surface area contributed by atoms with Crippen LogP contribution in [0.4, 0.5) is 0 Å². The number of rotatable bonds is 5. The number of hydrogen-bond donors (Lipinski definition) is 0. The van der Waals surface area contributed by atoms with Crippen molar-refractivity contribution >= 4 is 21.6 Å². The molecule has 1 atom stereocenters. The predicted molar refractivity (Wildman–Crippen MR) is 117 cm³/mol. The predicted octanol–water partition coefficient (Wildman–Crippen LogP) is 3.66. The Balaban J connectivity index is 1.39. The summed E-state index contributed by atoms with van der Waals surface area (Å²) in [5.74, 6) is 0.850. The van der Waals surface area contributed by atoms with Crippen molar-refractivity contribution in [1.29, 1.82) is 0 Å². The Kier molecular flexibility index (Phi) is 5.14. The number of likely N-dealkylation sites (tertiary alicyclic amines) is 1. The Hall–Kier alpha value is -2.18. The fourth-order valence-corrected chi connectivity index (χ4v) is 6.09. The molecule has 3 aromatic rings. The topological polar surface area (TPSA) is 47.4 Å². The second kappa shape index (κ2) is 7.92. The molecule has 0 N–H and O–H groups in total. The molecule has 2 aliphatic rings. The largest absolute Gasteiger partial charge is 0.497 e. The van der Waals surface area contributed by atoms with Crippen molar-refractivity contribution in [3.8, 4) is 5.75 Å². The summed E-state index contributed by atoms with van der Waals surface area (Å²) in [6, 6.07) is 8.68. The molecular weight excluding hydrogens is 382 g/mol. The van der Waals surface area contributed by atoms with Crippen LogP contribution in [0.15, 0.2) is 35.4 Å². The van der Waals surface area contributed by atoms with Gasteiger partial charge in [0.05, 0.1) is 18.8 Å². The van der Waals surface area contributed by atoms with Crippen LogP contribution < -0.4 is 10.3 Å². The molecule has 1 saturated heterocycles. The van der Waals surface area contributed by atoms with Gasteiger partial charge < -0.3 is 9.64 Å². The van der Waals surface area contributed by atoms with Crippen LogP contribution in [0.25, 0.3) is 10.2 Å². The van der Waals surface area contributed by atoms with Gasteiger partial charge in [0.15, 0.2) is 0 Å². The Morgan fingerprint density at radius 3 is 2.97 bits per heavy atom. The van der Waals surface area contributed by atoms with Gasteiger partial charge in [-0.3, -0.25) is 9.36 Å². The maximum atomic E-state index is 13.2. The van der Waals surface area contributed by atoms with Gasteiger partial charge in [-0.25, -0.2) is 4.98 Å². The zero-order chi connectivity index (χ0) is 19.8. The monoisotopic (exact) mass is 409 g/mol. The highest BCUT2D eigenvalue weighted by atomic mass is 32.1. The van der Waals surface area contributed by atoms with Crippen LogP contribution in [0.2, 0.25) is 0 Å². The summed E-state index contributed by atoms with van der Waals surface area (Å²) < 4.78 is 7.08. The summed E-state index contributed by atoms with van der Waals surface area (Å²) in [7, 11) is 1.68. The first-order valence-corrected chi connectivity index (χ1v) is 11.4. The maximum absolute atomic E-state index is 13.2. The van der Waals surface area contributed by atoms with Gasteiger partial charge in [-0.05, 0) is 74.9 Å². The molecule has 1 aromatic carbocycles. The van der Waals surface area contributed by atoms with Gasteiger partial charge in [-0.15, -0.1) is 11.3 Å². The lowest BCUT2D eigenvalue weighted by molar-refractivity contribution is 0.224. The van der Waals surface area contributed by atoms with E-state index in [1.54, 1.807) is 29.3 Å². The van der Waals surface area contributed by atoms with Crippen molar-refractivity contribution in [3.05, 3.63) is 57.0 Å². The molecule has 0 radical (unpaired) electrons. The zero-order valence-corrected chi connectivity index (χ0v) is 17.7. The average Bonchev–Trinajstić information content (AvgIpc) is 3.41. The minimum absolute atomic E-state index is 0.120. The first-order valence-electron chi connectivity index (χ1n) is 10.6. The number of aryl methyl sites for hydroxylation is 3. The van der Waals surface area contributed by atoms with E-state index in [4.69, 9.17) is 4.74 Å². The van der Waals surface area contributed by atoms with Crippen LogP contribution in [0.1, 0.15) is 35.3 Å². The van der Waals surface area contributed by atoms with Crippen molar-refractivity contribution < 1.29 is 4.74 Å². The van der Waals surface area contributed by atoms with Gasteiger partial charge in [0.2, 0.25) is 0 Å². The number of hydrogen-bond acceptors (Lipinski definition) is 5. The third-order valence-electron chi connectivity index (χ3n) is 6.44. The second-order valence-corrected chi connectivity index (χ2v) is 9.25. The summed E-state index contributed by atoms with van der Waals surface area (Å²) in [5, 5.41) is 0.873. The van der Waals surface area contributed by atoms with Gasteiger partial charge in [-0.2, -0.15) is 0 Å². The SMILES string of the molecule is COc1cccc(CCn2cnc3sc4c(c3c2=O)CCC(N2CCCC2)C4)c1. The van der Waals surface area contributed by atoms with E-state index in [0.717, 1.165) is 47.2 Å². The molecule has 6 heteroatoms. The van der Waals surface area contributed by atoms with Crippen LogP contribution in [0.3, 0.4) is 0 Å². The van der Waals surface area contributed by atoms with E-state index in [1.165, 1.54) is 36.4 Å². The van der Waals surface area contributed by atoms with Crippen LogP contribution >= 0.6 is 11.3 Å². The summed E-state index contributed by atoms with van der Waals surface area (Å²) in [6.07, 6.45) is 8.42. The number of aromatic nitrogens is 2. The summed E-state index contributed by atoms with van der Waals surface area (Å²) in [5.41, 5.74) is 2.56. The third-order valence-corrected chi connectivity index (χ3v) is 7.60. The highest BCUT2D eigenvalue weighted by Gasteiger charge is 2.29. The molecule has 1 unspecified atom stereocenters. The highest BCUT2D eigenvalue weighted by molar-refractivity contribution is 7.18. The van der Waals surface area contributed by atoms with Crippen LogP contribution in [0.5, 0.6) is 5.75 Å². The molecule has 0 amide bonds. The van der Waals surface area contributed by atoms with Gasteiger partial charge >= 0.3 is 0 Å². The molecule has 1 fully saturated rings. The molecule has 152 valence electrons. The molecular formula is C23H27N3O2S. The van der Waals surface area contributed by atoms with Crippen LogP contribution in [-0.4, -0.2) is 40.7 Å². The van der Waals surface area contributed by atoms with Gasteiger partial charge in [0.25, 0.3) is 5.56 Å². The number of ether oxygens (including phenoxy) is 1. The van der Waals surface area contributed by atoms with Gasteiger partial charge in [0.1, 0.15) is 10.6 Å². The summed E-state index contributed by atoms with van der Waals surface area (Å²) in [4.78, 5) is 22.8. The molecule has 29 heavy (non-hydrogen) atoms. The van der Waals surface area contributed by atoms with E-state index >= 15 is 0 Å². The fourth-order valence-electron chi connectivity index (χ4n) is 4.84. The molecule has 0 spiro atoms. The summed E-state index contributed by atoms with van der Waals surface area (Å²) in [6.45, 7) is 3.11. The third kappa shape index (κ3) is 3.60. The number of nitrogens with zero attached hydrogens (tertiary/aromatic N) is 3. The quantitative estimate of drug-likeness (QED) is 0.645. The van der Waals surface area contributed by atoms with E-state index < -0.39 is 0 Å². The first kappa shape index (κ1) is 18.8. The van der Waals surface area contributed by atoms with E-state index in [0.29, 0.717) is 12.6 Å². The van der Waals surface area contributed by atoms with Crippen molar-refractivity contribution in [2.75, 3.05) is 20.2 Å². The van der Waals surface area contributed by atoms with Crippen molar-refractivity contribution in [3.63, 3.8) is 0 Å². The number of thiophene rings is 1. The van der Waals surface area contributed by atoms with Crippen LogP contribution in [0, 0.1) is 0 Å². The molecule has 1 aliphatic carbocycles. The van der Waals surface area contributed by atoms with Gasteiger partial charge in [-0.1, -0.05) is 12.1 Å². The molecule has 5 rings (SSSR count). The number of benzene rings is 1. The maximum Gasteiger partial charge on any atom is 0.262 e. The molecule has 2 aromatic heterocycles. The molecule has 0 saturated carbocycles. The normalized spacial score (nSPS) is 19.6. The Morgan fingerprint density at radius 2 is 2.14 bits per heavy atom. The van der Waals surface area contributed by atoms with Crippen LogP contribution in [-0.2, 0) is 25.8 Å². The number of fused-ring (bicyclic) bond motifs is 3. The van der Waals surface area contributed by atoms with E-state index in [9.17, 15) is 4.79 Å². The minimum Gasteiger partial charge on any atom is -0.497 e. The smallest absolute Gasteiger partial charge is 0.262 e. The fraction of sp³-hybridized carbons (Fsp3) is 0.478. The van der Waals surface area contributed by atoms with E-state index in [-0.39, 0.29) is 5.56 Å². The second-order valence-electron chi connectivity index (χ2n) is 8.17. The van der Waals surface area contributed by atoms with E-state index in [2.05, 4.69) is 16.0 Å². The lowest BCUT2D eigenvalue weighted by Crippen LogP contribution is -2.36. The molecule has 3 heterocycles. The lowest BCUT2D eigenvalue weighted by atomic mass is 9.92. The molecule has 5 nitrogen and oxygen atoms in total. The highest BCUT2D eigenvalue weighted by Crippen LogP contribution is 2.35. The lowest BCUT2D eigenvalue weighted by Gasteiger charge is -2.30. The zero-order valence-electron chi connectivity index (χ0n) is 16.9. The Labute approximate surface area is 174 Å². The Morgan fingerprint density at radius 1 is 1.28 bits per heavy atom. The van der Waals surface area contributed by atoms with Crippen molar-refractivity contribution in [1.82, 2.24) is 14.5 Å². The minimum atomic E-state index is 0.120. The standard InChI is InChI=1S/C23H27N3O2S/c1-28-18-6-4-5-16(13-18)9-12-26-15-24-22-21(23(26)27)19-8-7-17(14-20(19)29-22)25-10-2-3-11-25/h4-6,13,15,17H,2-3,7-12,14H2,1H3. The Bertz CT molecular complexity index is 1080. The number of methoxy groups -OCH3 is 1.